The lowest BCUT2D eigenvalue weighted by molar-refractivity contribution is 0.418. The van der Waals surface area contributed by atoms with Crippen LogP contribution in [0, 0.1) is 16.7 Å². The number of rotatable bonds is 1. The summed E-state index contributed by atoms with van der Waals surface area (Å²) in [5.41, 5.74) is 6.75. The second kappa shape index (κ2) is 3.67. The number of pyridine rings is 1. The van der Waals surface area contributed by atoms with E-state index in [1.54, 1.807) is 6.07 Å². The fourth-order valence-electron chi connectivity index (χ4n) is 2.03. The van der Waals surface area contributed by atoms with Crippen molar-refractivity contribution in [2.45, 2.75) is 20.3 Å². The minimum absolute atomic E-state index is 0.321. The van der Waals surface area contributed by atoms with Crippen molar-refractivity contribution in [2.75, 3.05) is 23.7 Å². The molecule has 0 aromatic carbocycles. The number of nitriles is 1. The van der Waals surface area contributed by atoms with E-state index in [9.17, 15) is 0 Å². The zero-order valence-electron chi connectivity index (χ0n) is 9.70. The number of hydrogen-bond acceptors (Lipinski definition) is 4. The monoisotopic (exact) mass is 216 g/mol. The molecule has 1 aliphatic rings. The lowest BCUT2D eigenvalue weighted by Crippen LogP contribution is -2.23. The van der Waals surface area contributed by atoms with Crippen LogP contribution in [-0.4, -0.2) is 18.1 Å². The molecule has 2 rings (SSSR count). The quantitative estimate of drug-likeness (QED) is 0.777. The van der Waals surface area contributed by atoms with E-state index < -0.39 is 0 Å². The molecule has 16 heavy (non-hydrogen) atoms. The molecule has 1 fully saturated rings. The molecule has 0 aliphatic carbocycles. The van der Waals surface area contributed by atoms with Crippen molar-refractivity contribution in [3.63, 3.8) is 0 Å². The summed E-state index contributed by atoms with van der Waals surface area (Å²) >= 11 is 0. The highest BCUT2D eigenvalue weighted by molar-refractivity contribution is 5.55. The van der Waals surface area contributed by atoms with Crippen molar-refractivity contribution in [1.29, 1.82) is 5.26 Å². The molecule has 0 atom stereocenters. The third-order valence-corrected chi connectivity index (χ3v) is 3.02. The van der Waals surface area contributed by atoms with Gasteiger partial charge in [-0.1, -0.05) is 13.8 Å². The van der Waals surface area contributed by atoms with Gasteiger partial charge in [-0.3, -0.25) is 0 Å². The Morgan fingerprint density at radius 1 is 1.50 bits per heavy atom. The number of nitrogens with zero attached hydrogens (tertiary/aromatic N) is 3. The second-order valence-electron chi connectivity index (χ2n) is 5.05. The standard InChI is InChI=1S/C12H16N4/c1-12(2)5-6-16(8-12)11-4-3-9(14)10(7-13)15-11/h3-4H,5-6,8,14H2,1-2H3. The number of nitrogen functional groups attached to an aromatic ring is 1. The van der Waals surface area contributed by atoms with Gasteiger partial charge in [0.25, 0.3) is 0 Å². The molecule has 4 heteroatoms. The van der Waals surface area contributed by atoms with Gasteiger partial charge < -0.3 is 10.6 Å². The SMILES string of the molecule is CC1(C)CCN(c2ccc(N)c(C#N)n2)C1. The minimum atomic E-state index is 0.321. The van der Waals surface area contributed by atoms with Gasteiger partial charge >= 0.3 is 0 Å². The number of hydrogen-bond donors (Lipinski definition) is 1. The highest BCUT2D eigenvalue weighted by Crippen LogP contribution is 2.31. The summed E-state index contributed by atoms with van der Waals surface area (Å²) in [6, 6.07) is 5.66. The second-order valence-corrected chi connectivity index (χ2v) is 5.05. The highest BCUT2D eigenvalue weighted by atomic mass is 15.2. The molecule has 0 amide bonds. The van der Waals surface area contributed by atoms with E-state index in [1.165, 1.54) is 0 Å². The molecule has 0 radical (unpaired) electrons. The Morgan fingerprint density at radius 2 is 2.25 bits per heavy atom. The number of anilines is 2. The molecular formula is C12H16N4. The summed E-state index contributed by atoms with van der Waals surface area (Å²) in [5, 5.41) is 8.88. The van der Waals surface area contributed by atoms with E-state index in [2.05, 4.69) is 23.7 Å². The largest absolute Gasteiger partial charge is 0.396 e. The Morgan fingerprint density at radius 3 is 2.81 bits per heavy atom. The van der Waals surface area contributed by atoms with Crippen molar-refractivity contribution in [3.8, 4) is 6.07 Å². The molecule has 0 saturated carbocycles. The fraction of sp³-hybridized carbons (Fsp3) is 0.500. The molecule has 0 bridgehead atoms. The van der Waals surface area contributed by atoms with Gasteiger partial charge in [0.1, 0.15) is 11.9 Å². The molecule has 2 heterocycles. The Balaban J connectivity index is 2.26. The van der Waals surface area contributed by atoms with Crippen LogP contribution < -0.4 is 10.6 Å². The molecule has 1 saturated heterocycles. The van der Waals surface area contributed by atoms with Crippen molar-refractivity contribution in [2.24, 2.45) is 5.41 Å². The van der Waals surface area contributed by atoms with Crippen LogP contribution >= 0.6 is 0 Å². The summed E-state index contributed by atoms with van der Waals surface area (Å²) in [7, 11) is 0. The van der Waals surface area contributed by atoms with Gasteiger partial charge in [-0.25, -0.2) is 4.98 Å². The predicted molar refractivity (Wildman–Crippen MR) is 64.0 cm³/mol. The van der Waals surface area contributed by atoms with Crippen LogP contribution in [0.15, 0.2) is 12.1 Å². The minimum Gasteiger partial charge on any atom is -0.396 e. The first kappa shape index (κ1) is 10.7. The van der Waals surface area contributed by atoms with Crippen molar-refractivity contribution in [1.82, 2.24) is 4.98 Å². The first-order valence-corrected chi connectivity index (χ1v) is 5.43. The predicted octanol–water partition coefficient (Wildman–Crippen LogP) is 1.77. The number of nitrogens with two attached hydrogens (primary N) is 1. The Kier molecular flexibility index (Phi) is 2.47. The van der Waals surface area contributed by atoms with Crippen molar-refractivity contribution >= 4 is 11.5 Å². The average Bonchev–Trinajstić information content (AvgIpc) is 2.59. The molecule has 2 N–H and O–H groups in total. The number of aromatic nitrogens is 1. The van der Waals surface area contributed by atoms with Crippen molar-refractivity contribution in [3.05, 3.63) is 17.8 Å². The highest BCUT2D eigenvalue weighted by Gasteiger charge is 2.29. The van der Waals surface area contributed by atoms with E-state index in [4.69, 9.17) is 11.0 Å². The summed E-state index contributed by atoms with van der Waals surface area (Å²) in [4.78, 5) is 6.49. The lowest BCUT2D eigenvalue weighted by atomic mass is 9.93. The first-order valence-electron chi connectivity index (χ1n) is 5.43. The van der Waals surface area contributed by atoms with Gasteiger partial charge in [-0.05, 0) is 24.0 Å². The van der Waals surface area contributed by atoms with E-state index in [0.29, 0.717) is 16.8 Å². The maximum Gasteiger partial charge on any atom is 0.165 e. The zero-order chi connectivity index (χ0) is 11.8. The summed E-state index contributed by atoms with van der Waals surface area (Å²) < 4.78 is 0. The van der Waals surface area contributed by atoms with Gasteiger partial charge in [0, 0.05) is 13.1 Å². The maximum atomic E-state index is 8.88. The van der Waals surface area contributed by atoms with Crippen LogP contribution in [0.2, 0.25) is 0 Å². The van der Waals surface area contributed by atoms with E-state index in [1.807, 2.05) is 12.1 Å². The van der Waals surface area contributed by atoms with E-state index in [0.717, 1.165) is 25.3 Å². The van der Waals surface area contributed by atoms with Gasteiger partial charge in [0.2, 0.25) is 0 Å². The molecule has 1 aromatic heterocycles. The smallest absolute Gasteiger partial charge is 0.165 e. The molecule has 1 aromatic rings. The maximum absolute atomic E-state index is 8.88. The van der Waals surface area contributed by atoms with Crippen LogP contribution in [0.5, 0.6) is 0 Å². The van der Waals surface area contributed by atoms with Crippen molar-refractivity contribution < 1.29 is 0 Å². The van der Waals surface area contributed by atoms with Gasteiger partial charge in [0.15, 0.2) is 5.69 Å². The molecule has 84 valence electrons. The summed E-state index contributed by atoms with van der Waals surface area (Å²) in [6.45, 7) is 6.47. The molecular weight excluding hydrogens is 200 g/mol. The Bertz CT molecular complexity index is 445. The molecule has 0 spiro atoms. The molecule has 1 aliphatic heterocycles. The third kappa shape index (κ3) is 1.94. The lowest BCUT2D eigenvalue weighted by Gasteiger charge is -2.20. The van der Waals surface area contributed by atoms with Crippen LogP contribution in [-0.2, 0) is 0 Å². The molecule has 0 unspecified atom stereocenters. The van der Waals surface area contributed by atoms with Crippen LogP contribution in [0.1, 0.15) is 26.0 Å². The van der Waals surface area contributed by atoms with Gasteiger partial charge in [0.05, 0.1) is 5.69 Å². The van der Waals surface area contributed by atoms with Crippen LogP contribution in [0.4, 0.5) is 11.5 Å². The first-order chi connectivity index (χ1) is 7.52. The van der Waals surface area contributed by atoms with Crippen LogP contribution in [0.3, 0.4) is 0 Å². The molecule has 4 nitrogen and oxygen atoms in total. The van der Waals surface area contributed by atoms with Gasteiger partial charge in [-0.2, -0.15) is 5.26 Å². The van der Waals surface area contributed by atoms with E-state index in [-0.39, 0.29) is 0 Å². The van der Waals surface area contributed by atoms with Crippen LogP contribution in [0.25, 0.3) is 0 Å². The average molecular weight is 216 g/mol. The summed E-state index contributed by atoms with van der Waals surface area (Å²) in [6.07, 6.45) is 1.15. The normalized spacial score (nSPS) is 18.4. The topological polar surface area (TPSA) is 65.9 Å². The Hall–Kier alpha value is -1.76. The van der Waals surface area contributed by atoms with E-state index >= 15 is 0 Å². The Labute approximate surface area is 95.7 Å². The fourth-order valence-corrected chi connectivity index (χ4v) is 2.03. The third-order valence-electron chi connectivity index (χ3n) is 3.02. The van der Waals surface area contributed by atoms with Gasteiger partial charge in [-0.15, -0.1) is 0 Å². The zero-order valence-corrected chi connectivity index (χ0v) is 9.70. The summed E-state index contributed by atoms with van der Waals surface area (Å²) in [5.74, 6) is 0.858.